The van der Waals surface area contributed by atoms with E-state index in [0.717, 1.165) is 32.2 Å². The van der Waals surface area contributed by atoms with Gasteiger partial charge in [0.2, 0.25) is 0 Å². The summed E-state index contributed by atoms with van der Waals surface area (Å²) in [6.07, 6.45) is 3.55. The highest BCUT2D eigenvalue weighted by Gasteiger charge is 2.38. The standard InChI is InChI=1S/2C10H19NO.CH4/c1-8(2)11-7-9(12)5-6-10(11,3)4;1-8(2)11-7-5-6-9(12)10(11,3)4;/h2*8H,5-7H2,1-4H3;1H4. The SMILES string of the molecule is C.CC(C)N1CC(=O)CCC1(C)C.CC(C)N1CCCC(=O)C1(C)C. The fraction of sp³-hybridized carbons (Fsp3) is 0.905. The predicted molar refractivity (Wildman–Crippen MR) is 107 cm³/mol. The average Bonchev–Trinajstić information content (AvgIpc) is 2.44. The highest BCUT2D eigenvalue weighted by atomic mass is 16.1. The Kier molecular flexibility index (Phi) is 9.00. The van der Waals surface area contributed by atoms with Crippen molar-refractivity contribution in [1.29, 1.82) is 0 Å². The number of carbonyl (C=O) groups is 2. The summed E-state index contributed by atoms with van der Waals surface area (Å²) in [5.41, 5.74) is -0.0194. The molecule has 0 radical (unpaired) electrons. The zero-order valence-corrected chi connectivity index (χ0v) is 17.1. The van der Waals surface area contributed by atoms with Crippen LogP contribution in [0.15, 0.2) is 0 Å². The summed E-state index contributed by atoms with van der Waals surface area (Å²) in [5, 5.41) is 0. The third-order valence-corrected chi connectivity index (χ3v) is 5.59. The van der Waals surface area contributed by atoms with Gasteiger partial charge in [0, 0.05) is 30.5 Å². The van der Waals surface area contributed by atoms with Gasteiger partial charge in [-0.1, -0.05) is 7.43 Å². The molecular formula is C21H42N2O2. The molecule has 0 aromatic rings. The van der Waals surface area contributed by atoms with E-state index >= 15 is 0 Å². The molecule has 148 valence electrons. The number of hydrogen-bond acceptors (Lipinski definition) is 4. The number of rotatable bonds is 2. The second-order valence-corrected chi connectivity index (χ2v) is 8.95. The number of piperidine rings is 2. The van der Waals surface area contributed by atoms with E-state index in [1.165, 1.54) is 0 Å². The summed E-state index contributed by atoms with van der Waals surface area (Å²) >= 11 is 0. The van der Waals surface area contributed by atoms with Gasteiger partial charge in [0.1, 0.15) is 5.78 Å². The first kappa shape index (κ1) is 24.3. The van der Waals surface area contributed by atoms with E-state index in [4.69, 9.17) is 0 Å². The molecule has 2 heterocycles. The van der Waals surface area contributed by atoms with Crippen LogP contribution in [0.1, 0.15) is 88.5 Å². The van der Waals surface area contributed by atoms with E-state index in [9.17, 15) is 9.59 Å². The number of ketones is 2. The number of carbonyl (C=O) groups excluding carboxylic acids is 2. The molecule has 0 aromatic heterocycles. The van der Waals surface area contributed by atoms with Crippen molar-refractivity contribution in [3.05, 3.63) is 0 Å². The van der Waals surface area contributed by atoms with Crippen molar-refractivity contribution in [2.24, 2.45) is 0 Å². The third-order valence-electron chi connectivity index (χ3n) is 5.59. The molecule has 0 unspecified atom stereocenters. The van der Waals surface area contributed by atoms with E-state index in [1.54, 1.807) is 0 Å². The van der Waals surface area contributed by atoms with Crippen LogP contribution in [0.5, 0.6) is 0 Å². The number of nitrogens with zero attached hydrogens (tertiary/aromatic N) is 2. The van der Waals surface area contributed by atoms with Gasteiger partial charge >= 0.3 is 0 Å². The molecule has 2 rings (SSSR count). The number of Topliss-reactive ketones (excluding diaryl/α,β-unsaturated/α-hetero) is 2. The lowest BCUT2D eigenvalue weighted by Gasteiger charge is -2.44. The first-order valence-electron chi connectivity index (χ1n) is 9.48. The van der Waals surface area contributed by atoms with Crippen molar-refractivity contribution in [1.82, 2.24) is 9.80 Å². The van der Waals surface area contributed by atoms with Crippen LogP contribution >= 0.6 is 0 Å². The minimum Gasteiger partial charge on any atom is -0.298 e. The van der Waals surface area contributed by atoms with Crippen molar-refractivity contribution in [3.63, 3.8) is 0 Å². The quantitative estimate of drug-likeness (QED) is 0.741. The molecule has 0 atom stereocenters. The topological polar surface area (TPSA) is 40.6 Å². The Morgan fingerprint density at radius 2 is 1.40 bits per heavy atom. The largest absolute Gasteiger partial charge is 0.298 e. The van der Waals surface area contributed by atoms with Gasteiger partial charge in [-0.2, -0.15) is 0 Å². The van der Waals surface area contributed by atoms with Gasteiger partial charge in [0.25, 0.3) is 0 Å². The lowest BCUT2D eigenvalue weighted by atomic mass is 9.88. The van der Waals surface area contributed by atoms with Crippen LogP contribution in [0.3, 0.4) is 0 Å². The van der Waals surface area contributed by atoms with Crippen molar-refractivity contribution < 1.29 is 9.59 Å². The van der Waals surface area contributed by atoms with Crippen LogP contribution in [0, 0.1) is 0 Å². The first-order valence-corrected chi connectivity index (χ1v) is 9.48. The Bertz CT molecular complexity index is 447. The molecule has 0 spiro atoms. The first-order chi connectivity index (χ1) is 10.9. The monoisotopic (exact) mass is 354 g/mol. The van der Waals surface area contributed by atoms with Crippen molar-refractivity contribution in [2.45, 2.75) is 112 Å². The summed E-state index contributed by atoms with van der Waals surface area (Å²) in [4.78, 5) is 27.4. The Morgan fingerprint density at radius 3 is 1.80 bits per heavy atom. The molecule has 4 heteroatoms. The van der Waals surface area contributed by atoms with Crippen LogP contribution in [0.2, 0.25) is 0 Å². The molecule has 2 saturated heterocycles. The minimum atomic E-state index is -0.230. The normalized spacial score (nSPS) is 23.9. The Hall–Kier alpha value is -0.740. The van der Waals surface area contributed by atoms with E-state index in [2.05, 4.69) is 51.3 Å². The Morgan fingerprint density at radius 1 is 0.880 bits per heavy atom. The molecule has 0 aromatic carbocycles. The molecule has 0 amide bonds. The minimum absolute atomic E-state index is 0. The van der Waals surface area contributed by atoms with E-state index in [-0.39, 0.29) is 18.5 Å². The zero-order chi connectivity index (χ0) is 18.7. The van der Waals surface area contributed by atoms with Gasteiger partial charge in [0.05, 0.1) is 12.1 Å². The van der Waals surface area contributed by atoms with Crippen molar-refractivity contribution in [3.8, 4) is 0 Å². The number of hydrogen-bond donors (Lipinski definition) is 0. The maximum atomic E-state index is 11.6. The van der Waals surface area contributed by atoms with Gasteiger partial charge in [-0.05, 0) is 74.8 Å². The highest BCUT2D eigenvalue weighted by Crippen LogP contribution is 2.27. The van der Waals surface area contributed by atoms with Gasteiger partial charge in [-0.15, -0.1) is 0 Å². The summed E-state index contributed by atoms with van der Waals surface area (Å²) < 4.78 is 0. The number of likely N-dealkylation sites (tertiary alicyclic amines) is 2. The summed E-state index contributed by atoms with van der Waals surface area (Å²) in [7, 11) is 0. The molecule has 0 saturated carbocycles. The molecule has 0 bridgehead atoms. The highest BCUT2D eigenvalue weighted by molar-refractivity contribution is 5.88. The Balaban J connectivity index is 0.000000443. The fourth-order valence-electron chi connectivity index (χ4n) is 4.01. The zero-order valence-electron chi connectivity index (χ0n) is 17.1. The van der Waals surface area contributed by atoms with E-state index < -0.39 is 0 Å². The maximum absolute atomic E-state index is 11.6. The van der Waals surface area contributed by atoms with E-state index in [0.29, 0.717) is 30.2 Å². The van der Waals surface area contributed by atoms with Crippen LogP contribution in [0.25, 0.3) is 0 Å². The fourth-order valence-corrected chi connectivity index (χ4v) is 4.01. The molecule has 0 N–H and O–H groups in total. The van der Waals surface area contributed by atoms with Gasteiger partial charge in [-0.25, -0.2) is 0 Å². The predicted octanol–water partition coefficient (Wildman–Crippen LogP) is 4.31. The lowest BCUT2D eigenvalue weighted by Crippen LogP contribution is -2.56. The molecular weight excluding hydrogens is 312 g/mol. The molecule has 2 aliphatic heterocycles. The second kappa shape index (κ2) is 9.27. The van der Waals surface area contributed by atoms with Crippen LogP contribution in [0.4, 0.5) is 0 Å². The van der Waals surface area contributed by atoms with Gasteiger partial charge in [-0.3, -0.25) is 19.4 Å². The molecule has 25 heavy (non-hydrogen) atoms. The smallest absolute Gasteiger partial charge is 0.152 e. The van der Waals surface area contributed by atoms with E-state index in [1.807, 2.05) is 13.8 Å². The van der Waals surface area contributed by atoms with Crippen molar-refractivity contribution in [2.75, 3.05) is 13.1 Å². The molecule has 2 aliphatic rings. The molecule has 0 aliphatic carbocycles. The van der Waals surface area contributed by atoms with Gasteiger partial charge in [0.15, 0.2) is 5.78 Å². The lowest BCUT2D eigenvalue weighted by molar-refractivity contribution is -0.134. The van der Waals surface area contributed by atoms with Gasteiger partial charge < -0.3 is 0 Å². The van der Waals surface area contributed by atoms with Crippen LogP contribution in [-0.4, -0.2) is 57.6 Å². The average molecular weight is 355 g/mol. The molecule has 4 nitrogen and oxygen atoms in total. The van der Waals surface area contributed by atoms with Crippen LogP contribution in [-0.2, 0) is 9.59 Å². The molecule has 2 fully saturated rings. The second-order valence-electron chi connectivity index (χ2n) is 8.95. The summed E-state index contributed by atoms with van der Waals surface area (Å²) in [6.45, 7) is 18.8. The van der Waals surface area contributed by atoms with Crippen molar-refractivity contribution >= 4 is 11.6 Å². The Labute approximate surface area is 156 Å². The van der Waals surface area contributed by atoms with Crippen LogP contribution < -0.4 is 0 Å². The summed E-state index contributed by atoms with van der Waals surface area (Å²) in [5.74, 6) is 0.783. The summed E-state index contributed by atoms with van der Waals surface area (Å²) in [6, 6.07) is 0.952. The maximum Gasteiger partial charge on any atom is 0.152 e. The third kappa shape index (κ3) is 6.18.